The van der Waals surface area contributed by atoms with E-state index in [9.17, 15) is 4.79 Å². The van der Waals surface area contributed by atoms with Crippen LogP contribution in [0.2, 0.25) is 0 Å². The highest BCUT2D eigenvalue weighted by Gasteiger charge is 2.42. The lowest BCUT2D eigenvalue weighted by Crippen LogP contribution is -2.45. The van der Waals surface area contributed by atoms with Crippen molar-refractivity contribution in [2.24, 2.45) is 11.8 Å². The Bertz CT molecular complexity index is 786. The van der Waals surface area contributed by atoms with Gasteiger partial charge >= 0.3 is 6.09 Å². The minimum Gasteiger partial charge on any atom is -0.445 e. The lowest BCUT2D eigenvalue weighted by atomic mass is 9.81. The van der Waals surface area contributed by atoms with E-state index in [1.807, 2.05) is 30.3 Å². The molecule has 1 fully saturated rings. The molecule has 1 aliphatic heterocycles. The fourth-order valence-corrected chi connectivity index (χ4v) is 3.98. The monoisotopic (exact) mass is 350 g/mol. The summed E-state index contributed by atoms with van der Waals surface area (Å²) in [7, 11) is 0. The fourth-order valence-electron chi connectivity index (χ4n) is 3.98. The molecule has 2 aromatic rings. The smallest absolute Gasteiger partial charge is 0.407 e. The van der Waals surface area contributed by atoms with Gasteiger partial charge in [0.05, 0.1) is 6.04 Å². The van der Waals surface area contributed by atoms with Crippen molar-refractivity contribution in [2.45, 2.75) is 45.4 Å². The number of rotatable bonds is 4. The lowest BCUT2D eigenvalue weighted by molar-refractivity contribution is 0.130. The van der Waals surface area contributed by atoms with Crippen LogP contribution in [-0.4, -0.2) is 12.1 Å². The number of nitrogens with one attached hydrogen (secondary N) is 2. The molecule has 2 aliphatic rings. The van der Waals surface area contributed by atoms with Gasteiger partial charge in [-0.15, -0.1) is 0 Å². The highest BCUT2D eigenvalue weighted by atomic mass is 16.5. The Morgan fingerprint density at radius 3 is 2.69 bits per heavy atom. The van der Waals surface area contributed by atoms with Crippen molar-refractivity contribution in [3.8, 4) is 0 Å². The summed E-state index contributed by atoms with van der Waals surface area (Å²) in [4.78, 5) is 12.5. The van der Waals surface area contributed by atoms with E-state index >= 15 is 0 Å². The van der Waals surface area contributed by atoms with Crippen LogP contribution in [0.25, 0.3) is 0 Å². The molecule has 1 amide bonds. The van der Waals surface area contributed by atoms with Crippen LogP contribution in [0.15, 0.2) is 48.5 Å². The normalized spacial score (nSPS) is 24.3. The summed E-state index contributed by atoms with van der Waals surface area (Å²) in [6, 6.07) is 16.6. The molecule has 0 saturated heterocycles. The molecule has 0 radical (unpaired) electrons. The average Bonchev–Trinajstić information content (AvgIpc) is 3.48. The van der Waals surface area contributed by atoms with Gasteiger partial charge in [0.2, 0.25) is 0 Å². The molecular weight excluding hydrogens is 324 g/mol. The summed E-state index contributed by atoms with van der Waals surface area (Å²) < 4.78 is 5.47. The van der Waals surface area contributed by atoms with E-state index in [1.165, 1.54) is 18.4 Å². The van der Waals surface area contributed by atoms with Crippen molar-refractivity contribution in [2.75, 3.05) is 5.32 Å². The molecule has 1 heterocycles. The predicted octanol–water partition coefficient (Wildman–Crippen LogP) is 4.80. The molecular formula is C22H26N2O2. The van der Waals surface area contributed by atoms with Crippen LogP contribution in [0.5, 0.6) is 0 Å². The number of alkyl carbamates (subject to hydrolysis) is 1. The molecule has 4 nitrogen and oxygen atoms in total. The number of carbonyl (C=O) groups is 1. The minimum atomic E-state index is -0.352. The Labute approximate surface area is 155 Å². The molecule has 2 aromatic carbocycles. The van der Waals surface area contributed by atoms with Crippen LogP contribution in [0.1, 0.15) is 42.5 Å². The third-order valence-corrected chi connectivity index (χ3v) is 5.57. The van der Waals surface area contributed by atoms with Crippen LogP contribution < -0.4 is 10.6 Å². The van der Waals surface area contributed by atoms with Crippen molar-refractivity contribution in [3.05, 3.63) is 65.2 Å². The number of ether oxygens (including phenoxy) is 1. The highest BCUT2D eigenvalue weighted by molar-refractivity contribution is 5.69. The van der Waals surface area contributed by atoms with Gasteiger partial charge in [-0.2, -0.15) is 0 Å². The van der Waals surface area contributed by atoms with Crippen molar-refractivity contribution in [1.29, 1.82) is 0 Å². The number of hydrogen-bond acceptors (Lipinski definition) is 3. The van der Waals surface area contributed by atoms with Gasteiger partial charge in [0.15, 0.2) is 0 Å². The molecule has 0 bridgehead atoms. The summed E-state index contributed by atoms with van der Waals surface area (Å²) in [6.07, 6.45) is 2.19. The maximum absolute atomic E-state index is 12.5. The first-order chi connectivity index (χ1) is 12.6. The Morgan fingerprint density at radius 1 is 1.19 bits per heavy atom. The molecule has 0 spiro atoms. The van der Waals surface area contributed by atoms with E-state index in [-0.39, 0.29) is 12.1 Å². The van der Waals surface area contributed by atoms with Gasteiger partial charge in [0.1, 0.15) is 6.61 Å². The molecule has 3 atom stereocenters. The van der Waals surface area contributed by atoms with Crippen LogP contribution in [0.3, 0.4) is 0 Å². The van der Waals surface area contributed by atoms with E-state index in [0.29, 0.717) is 24.5 Å². The van der Waals surface area contributed by atoms with E-state index in [1.54, 1.807) is 0 Å². The second-order valence-corrected chi connectivity index (χ2v) is 7.64. The average molecular weight is 350 g/mol. The second kappa shape index (κ2) is 7.02. The summed E-state index contributed by atoms with van der Waals surface area (Å²) >= 11 is 0. The Hall–Kier alpha value is -2.49. The highest BCUT2D eigenvalue weighted by Crippen LogP contribution is 2.45. The molecule has 26 heavy (non-hydrogen) atoms. The topological polar surface area (TPSA) is 50.4 Å². The van der Waals surface area contributed by atoms with Gasteiger partial charge in [-0.25, -0.2) is 4.79 Å². The number of carbonyl (C=O) groups excluding carboxylic acids is 1. The van der Waals surface area contributed by atoms with Gasteiger partial charge in [0, 0.05) is 17.6 Å². The number of anilines is 1. The predicted molar refractivity (Wildman–Crippen MR) is 103 cm³/mol. The summed E-state index contributed by atoms with van der Waals surface area (Å²) in [6.45, 7) is 4.60. The zero-order chi connectivity index (χ0) is 18.1. The Kier molecular flexibility index (Phi) is 4.58. The van der Waals surface area contributed by atoms with Crippen molar-refractivity contribution in [1.82, 2.24) is 5.32 Å². The van der Waals surface area contributed by atoms with Gasteiger partial charge in [-0.05, 0) is 42.9 Å². The van der Waals surface area contributed by atoms with E-state index < -0.39 is 0 Å². The van der Waals surface area contributed by atoms with Crippen LogP contribution in [0.4, 0.5) is 10.5 Å². The molecule has 4 heteroatoms. The van der Waals surface area contributed by atoms with E-state index in [2.05, 4.69) is 42.7 Å². The quantitative estimate of drug-likeness (QED) is 0.832. The van der Waals surface area contributed by atoms with Gasteiger partial charge in [-0.1, -0.05) is 55.0 Å². The zero-order valence-electron chi connectivity index (χ0n) is 15.4. The van der Waals surface area contributed by atoms with E-state index in [4.69, 9.17) is 4.74 Å². The lowest BCUT2D eigenvalue weighted by Gasteiger charge is -2.39. The van der Waals surface area contributed by atoms with Crippen molar-refractivity contribution in [3.63, 3.8) is 0 Å². The number of hydrogen-bond donors (Lipinski definition) is 2. The Morgan fingerprint density at radius 2 is 1.96 bits per heavy atom. The molecule has 0 aromatic heterocycles. The van der Waals surface area contributed by atoms with Crippen LogP contribution >= 0.6 is 0 Å². The first kappa shape index (κ1) is 17.0. The molecule has 1 saturated carbocycles. The maximum Gasteiger partial charge on any atom is 0.407 e. The Balaban J connectivity index is 1.50. The molecule has 4 rings (SSSR count). The first-order valence-electron chi connectivity index (χ1n) is 9.46. The third-order valence-electron chi connectivity index (χ3n) is 5.57. The van der Waals surface area contributed by atoms with E-state index in [0.717, 1.165) is 16.8 Å². The number of amides is 1. The largest absolute Gasteiger partial charge is 0.445 e. The fraction of sp³-hybridized carbons (Fsp3) is 0.409. The molecule has 136 valence electrons. The third kappa shape index (κ3) is 3.55. The minimum absolute atomic E-state index is 0.0278. The van der Waals surface area contributed by atoms with Gasteiger partial charge in [0.25, 0.3) is 0 Å². The SMILES string of the molecule is Cc1ccc2c(c1)[C@H](NC(=O)OCc1ccccc1)[C@@H](C)C(C1CC1)N2. The number of aryl methyl sites for hydroxylation is 1. The first-order valence-corrected chi connectivity index (χ1v) is 9.46. The number of fused-ring (bicyclic) bond motifs is 1. The van der Waals surface area contributed by atoms with Crippen LogP contribution in [-0.2, 0) is 11.3 Å². The van der Waals surface area contributed by atoms with Gasteiger partial charge in [-0.3, -0.25) is 0 Å². The maximum atomic E-state index is 12.5. The van der Waals surface area contributed by atoms with Gasteiger partial charge < -0.3 is 15.4 Å². The van der Waals surface area contributed by atoms with Crippen molar-refractivity contribution >= 4 is 11.8 Å². The zero-order valence-corrected chi connectivity index (χ0v) is 15.4. The van der Waals surface area contributed by atoms with Crippen molar-refractivity contribution < 1.29 is 9.53 Å². The second-order valence-electron chi connectivity index (χ2n) is 7.64. The van der Waals surface area contributed by atoms with Crippen LogP contribution in [0, 0.1) is 18.8 Å². The molecule has 1 unspecified atom stereocenters. The molecule has 1 aliphatic carbocycles. The summed E-state index contributed by atoms with van der Waals surface area (Å²) in [5.74, 6) is 1.03. The standard InChI is InChI=1S/C22H26N2O2/c1-14-8-11-19-18(12-14)21(15(2)20(23-19)17-9-10-17)24-22(25)26-13-16-6-4-3-5-7-16/h3-8,11-12,15,17,20-21,23H,9-10,13H2,1-2H3,(H,24,25)/t15-,20?,21+/m0/s1. The summed E-state index contributed by atoms with van der Waals surface area (Å²) in [5, 5.41) is 6.84. The molecule has 2 N–H and O–H groups in total. The summed E-state index contributed by atoms with van der Waals surface area (Å²) in [5.41, 5.74) is 4.49. The number of benzene rings is 2.